The van der Waals surface area contributed by atoms with Crippen molar-refractivity contribution in [2.45, 2.75) is 13.8 Å². The van der Waals surface area contributed by atoms with Crippen molar-refractivity contribution in [3.63, 3.8) is 0 Å². The molecule has 2 heterocycles. The van der Waals surface area contributed by atoms with Crippen molar-refractivity contribution in [2.75, 3.05) is 43.5 Å². The Morgan fingerprint density at radius 1 is 1.03 bits per heavy atom. The highest BCUT2D eigenvalue weighted by atomic mass is 16.5. The normalized spacial score (nSPS) is 14.2. The molecule has 0 atom stereocenters. The van der Waals surface area contributed by atoms with Crippen molar-refractivity contribution in [3.8, 4) is 5.75 Å². The Kier molecular flexibility index (Phi) is 5.25. The lowest BCUT2D eigenvalue weighted by molar-refractivity contribution is -0.129. The molecule has 2 aromatic carbocycles. The smallest absolute Gasteiger partial charge is 0.219 e. The van der Waals surface area contributed by atoms with Crippen molar-refractivity contribution in [1.29, 1.82) is 0 Å². The summed E-state index contributed by atoms with van der Waals surface area (Å²) in [5.74, 6) is 0.965. The van der Waals surface area contributed by atoms with E-state index >= 15 is 0 Å². The molecule has 1 aliphatic heterocycles. The van der Waals surface area contributed by atoms with Crippen LogP contribution in [0.4, 0.5) is 17.1 Å². The number of aryl methyl sites for hydroxylation is 1. The number of rotatable bonds is 4. The Labute approximate surface area is 171 Å². The van der Waals surface area contributed by atoms with E-state index in [0.29, 0.717) is 0 Å². The van der Waals surface area contributed by atoms with Gasteiger partial charge in [-0.3, -0.25) is 9.78 Å². The Hall–Kier alpha value is -3.28. The third kappa shape index (κ3) is 4.11. The van der Waals surface area contributed by atoms with E-state index < -0.39 is 0 Å². The zero-order valence-electron chi connectivity index (χ0n) is 17.1. The number of aromatic nitrogens is 1. The number of nitrogens with zero attached hydrogens (tertiary/aromatic N) is 3. The van der Waals surface area contributed by atoms with Gasteiger partial charge in [0.05, 0.1) is 12.6 Å². The average Bonchev–Trinajstić information content (AvgIpc) is 2.74. The van der Waals surface area contributed by atoms with E-state index in [1.165, 1.54) is 5.69 Å². The zero-order valence-corrected chi connectivity index (χ0v) is 17.1. The van der Waals surface area contributed by atoms with Crippen LogP contribution in [0, 0.1) is 6.92 Å². The summed E-state index contributed by atoms with van der Waals surface area (Å²) in [4.78, 5) is 20.3. The maximum Gasteiger partial charge on any atom is 0.219 e. The highest BCUT2D eigenvalue weighted by Gasteiger charge is 2.18. The molecular formula is C23H26N4O2. The predicted octanol–water partition coefficient (Wildman–Crippen LogP) is 3.96. The number of ether oxygens (including phenoxy) is 1. The molecule has 1 amide bonds. The third-order valence-electron chi connectivity index (χ3n) is 5.38. The Morgan fingerprint density at radius 3 is 2.41 bits per heavy atom. The lowest BCUT2D eigenvalue weighted by Crippen LogP contribution is -2.48. The fourth-order valence-corrected chi connectivity index (χ4v) is 3.76. The second-order valence-corrected chi connectivity index (χ2v) is 7.36. The molecule has 4 rings (SSSR count). The minimum Gasteiger partial charge on any atom is -0.497 e. The second-order valence-electron chi connectivity index (χ2n) is 7.36. The minimum absolute atomic E-state index is 0.153. The summed E-state index contributed by atoms with van der Waals surface area (Å²) in [6, 6.07) is 16.4. The van der Waals surface area contributed by atoms with Gasteiger partial charge in [0, 0.05) is 61.2 Å². The Morgan fingerprint density at radius 2 is 1.76 bits per heavy atom. The lowest BCUT2D eigenvalue weighted by Gasteiger charge is -2.35. The van der Waals surface area contributed by atoms with E-state index in [1.807, 2.05) is 30.0 Å². The van der Waals surface area contributed by atoms with Crippen LogP contribution >= 0.6 is 0 Å². The average molecular weight is 390 g/mol. The molecule has 0 spiro atoms. The van der Waals surface area contributed by atoms with Gasteiger partial charge in [-0.25, -0.2) is 0 Å². The molecule has 6 nitrogen and oxygen atoms in total. The molecule has 0 bridgehead atoms. The maximum absolute atomic E-state index is 11.5. The highest BCUT2D eigenvalue weighted by Crippen LogP contribution is 2.30. The first-order valence-electron chi connectivity index (χ1n) is 9.86. The number of methoxy groups -OCH3 is 1. The molecule has 1 aliphatic rings. The molecule has 1 aromatic heterocycles. The third-order valence-corrected chi connectivity index (χ3v) is 5.38. The quantitative estimate of drug-likeness (QED) is 0.731. The van der Waals surface area contributed by atoms with Crippen LogP contribution in [0.25, 0.3) is 10.9 Å². The molecule has 0 radical (unpaired) electrons. The first-order chi connectivity index (χ1) is 14.0. The Bertz CT molecular complexity index is 1020. The van der Waals surface area contributed by atoms with Crippen LogP contribution in [0.15, 0.2) is 48.5 Å². The Balaban J connectivity index is 1.53. The SMILES string of the molecule is COc1ccc2nc(C)cc(Nc3ccc(N4CCN(C(C)=O)CC4)cc3)c2c1. The molecule has 29 heavy (non-hydrogen) atoms. The number of carbonyl (C=O) groups is 1. The van der Waals surface area contributed by atoms with Gasteiger partial charge in [0.15, 0.2) is 0 Å². The van der Waals surface area contributed by atoms with Gasteiger partial charge in [0.2, 0.25) is 5.91 Å². The molecular weight excluding hydrogens is 364 g/mol. The van der Waals surface area contributed by atoms with E-state index in [0.717, 1.165) is 59.9 Å². The van der Waals surface area contributed by atoms with Crippen LogP contribution in [0.3, 0.4) is 0 Å². The summed E-state index contributed by atoms with van der Waals surface area (Å²) in [7, 11) is 1.67. The second kappa shape index (κ2) is 7.99. The number of hydrogen-bond donors (Lipinski definition) is 1. The van der Waals surface area contributed by atoms with Gasteiger partial charge in [-0.15, -0.1) is 0 Å². The van der Waals surface area contributed by atoms with Crippen LogP contribution in [-0.2, 0) is 4.79 Å². The summed E-state index contributed by atoms with van der Waals surface area (Å²) >= 11 is 0. The fourth-order valence-electron chi connectivity index (χ4n) is 3.76. The van der Waals surface area contributed by atoms with E-state index in [4.69, 9.17) is 4.74 Å². The van der Waals surface area contributed by atoms with Gasteiger partial charge in [-0.1, -0.05) is 0 Å². The fraction of sp³-hybridized carbons (Fsp3) is 0.304. The summed E-state index contributed by atoms with van der Waals surface area (Å²) < 4.78 is 5.38. The van der Waals surface area contributed by atoms with Crippen LogP contribution in [0.2, 0.25) is 0 Å². The molecule has 0 unspecified atom stereocenters. The number of anilines is 3. The van der Waals surface area contributed by atoms with E-state index in [9.17, 15) is 4.79 Å². The topological polar surface area (TPSA) is 57.7 Å². The maximum atomic E-state index is 11.5. The molecule has 0 aliphatic carbocycles. The highest BCUT2D eigenvalue weighted by molar-refractivity contribution is 5.94. The van der Waals surface area contributed by atoms with Gasteiger partial charge in [-0.2, -0.15) is 0 Å². The number of carbonyl (C=O) groups excluding carboxylic acids is 1. The predicted molar refractivity (Wildman–Crippen MR) is 117 cm³/mol. The van der Waals surface area contributed by atoms with Gasteiger partial charge in [0.1, 0.15) is 5.75 Å². The molecule has 3 aromatic rings. The number of pyridine rings is 1. The number of amides is 1. The van der Waals surface area contributed by atoms with E-state index in [2.05, 4.69) is 45.5 Å². The van der Waals surface area contributed by atoms with Gasteiger partial charge in [-0.05, 0) is 55.5 Å². The summed E-state index contributed by atoms with van der Waals surface area (Å²) in [6.07, 6.45) is 0. The molecule has 0 saturated carbocycles. The number of hydrogen-bond acceptors (Lipinski definition) is 5. The van der Waals surface area contributed by atoms with Crippen molar-refractivity contribution in [2.24, 2.45) is 0 Å². The van der Waals surface area contributed by atoms with Gasteiger partial charge >= 0.3 is 0 Å². The summed E-state index contributed by atoms with van der Waals surface area (Å²) in [5, 5.41) is 4.55. The van der Waals surface area contributed by atoms with E-state index in [-0.39, 0.29) is 5.91 Å². The first kappa shape index (κ1) is 19.1. The summed E-state index contributed by atoms with van der Waals surface area (Å²) in [5.41, 5.74) is 5.11. The van der Waals surface area contributed by atoms with Crippen LogP contribution in [0.5, 0.6) is 5.75 Å². The monoisotopic (exact) mass is 390 g/mol. The zero-order chi connectivity index (χ0) is 20.4. The largest absolute Gasteiger partial charge is 0.497 e. The minimum atomic E-state index is 0.153. The van der Waals surface area contributed by atoms with Crippen molar-refractivity contribution in [3.05, 3.63) is 54.2 Å². The first-order valence-corrected chi connectivity index (χ1v) is 9.86. The number of benzene rings is 2. The standard InChI is InChI=1S/C23H26N4O2/c1-16-14-23(21-15-20(29-3)8-9-22(21)24-16)25-18-4-6-19(7-5-18)27-12-10-26(11-13-27)17(2)28/h4-9,14-15H,10-13H2,1-3H3,(H,24,25). The lowest BCUT2D eigenvalue weighted by atomic mass is 10.1. The van der Waals surface area contributed by atoms with Crippen LogP contribution in [0.1, 0.15) is 12.6 Å². The molecule has 6 heteroatoms. The number of nitrogens with one attached hydrogen (secondary N) is 1. The van der Waals surface area contributed by atoms with Gasteiger partial charge in [0.25, 0.3) is 0 Å². The molecule has 1 N–H and O–H groups in total. The summed E-state index contributed by atoms with van der Waals surface area (Å²) in [6.45, 7) is 6.91. The molecule has 1 fully saturated rings. The van der Waals surface area contributed by atoms with Gasteiger partial charge < -0.3 is 19.9 Å². The molecule has 150 valence electrons. The van der Waals surface area contributed by atoms with Crippen LogP contribution < -0.4 is 15.0 Å². The van der Waals surface area contributed by atoms with Crippen molar-refractivity contribution < 1.29 is 9.53 Å². The van der Waals surface area contributed by atoms with Crippen molar-refractivity contribution >= 4 is 33.9 Å². The molecule has 1 saturated heterocycles. The van der Waals surface area contributed by atoms with E-state index in [1.54, 1.807) is 14.0 Å². The van der Waals surface area contributed by atoms with Crippen molar-refractivity contribution in [1.82, 2.24) is 9.88 Å². The number of piperazine rings is 1. The number of fused-ring (bicyclic) bond motifs is 1. The van der Waals surface area contributed by atoms with Crippen LogP contribution in [-0.4, -0.2) is 49.1 Å².